The van der Waals surface area contributed by atoms with E-state index < -0.39 is 12.1 Å². The normalized spacial score (nSPS) is 12.9. The Bertz CT molecular complexity index is 1250. The second-order valence-electron chi connectivity index (χ2n) is 16.1. The van der Waals surface area contributed by atoms with Crippen molar-refractivity contribution >= 4 is 17.9 Å². The van der Waals surface area contributed by atoms with E-state index in [4.69, 9.17) is 14.2 Å². The smallest absolute Gasteiger partial charge is 0.306 e. The highest BCUT2D eigenvalue weighted by Crippen LogP contribution is 2.12. The molecule has 0 heterocycles. The SMILES string of the molecule is CCC\C=C/C=C\C=C/C=C\C=C/CCCCCCCC(=O)OCC(COC(=O)CCCCCCC/C=C\CCCCC)OC(=O)CC/C=C\C/C=C\CCCCCCCC. The Morgan fingerprint density at radius 2 is 0.721 bits per heavy atom. The molecule has 0 aromatic heterocycles. The van der Waals surface area contributed by atoms with Gasteiger partial charge in [0.2, 0.25) is 0 Å². The van der Waals surface area contributed by atoms with Crippen molar-refractivity contribution in [1.29, 1.82) is 0 Å². The lowest BCUT2D eigenvalue weighted by Crippen LogP contribution is -2.30. The zero-order valence-corrected chi connectivity index (χ0v) is 39.4. The molecule has 0 aromatic rings. The van der Waals surface area contributed by atoms with Gasteiger partial charge in [0.05, 0.1) is 0 Å². The van der Waals surface area contributed by atoms with E-state index in [2.05, 4.69) is 75.5 Å². The van der Waals surface area contributed by atoms with Gasteiger partial charge in [0.25, 0.3) is 0 Å². The van der Waals surface area contributed by atoms with Crippen LogP contribution in [-0.4, -0.2) is 37.2 Å². The molecule has 0 saturated carbocycles. The summed E-state index contributed by atoms with van der Waals surface area (Å²) in [6, 6.07) is 0. The van der Waals surface area contributed by atoms with Gasteiger partial charge in [-0.15, -0.1) is 0 Å². The molecule has 0 aliphatic heterocycles. The van der Waals surface area contributed by atoms with Crippen molar-refractivity contribution in [2.75, 3.05) is 13.2 Å². The Labute approximate surface area is 375 Å². The lowest BCUT2D eigenvalue weighted by Gasteiger charge is -2.18. The zero-order valence-electron chi connectivity index (χ0n) is 39.4. The van der Waals surface area contributed by atoms with E-state index in [9.17, 15) is 14.4 Å². The number of hydrogen-bond donors (Lipinski definition) is 0. The molecule has 6 nitrogen and oxygen atoms in total. The number of ether oxygens (including phenoxy) is 3. The van der Waals surface area contributed by atoms with Crippen LogP contribution in [0.4, 0.5) is 0 Å². The molecule has 61 heavy (non-hydrogen) atoms. The van der Waals surface area contributed by atoms with Crippen molar-refractivity contribution in [3.63, 3.8) is 0 Å². The largest absolute Gasteiger partial charge is 0.462 e. The molecule has 0 fully saturated rings. The van der Waals surface area contributed by atoms with Gasteiger partial charge in [-0.2, -0.15) is 0 Å². The van der Waals surface area contributed by atoms with E-state index in [0.717, 1.165) is 89.9 Å². The average molecular weight is 847 g/mol. The van der Waals surface area contributed by atoms with E-state index >= 15 is 0 Å². The highest BCUT2D eigenvalue weighted by Gasteiger charge is 2.19. The molecule has 0 spiro atoms. The van der Waals surface area contributed by atoms with Gasteiger partial charge in [0.1, 0.15) is 13.2 Å². The molecule has 0 aromatic carbocycles. The summed E-state index contributed by atoms with van der Waals surface area (Å²) in [6.07, 6.45) is 63.9. The number of carbonyl (C=O) groups is 3. The number of carbonyl (C=O) groups excluding carboxylic acids is 3. The molecule has 0 radical (unpaired) electrons. The average Bonchev–Trinajstić information content (AvgIpc) is 3.26. The summed E-state index contributed by atoms with van der Waals surface area (Å²) in [6.45, 7) is 6.42. The molecule has 0 amide bonds. The Kier molecular flexibility index (Phi) is 46.0. The second-order valence-corrected chi connectivity index (χ2v) is 16.1. The van der Waals surface area contributed by atoms with Gasteiger partial charge in [0, 0.05) is 19.3 Å². The lowest BCUT2D eigenvalue weighted by molar-refractivity contribution is -0.166. The number of unbranched alkanes of at least 4 members (excludes halogenated alkanes) is 20. The third-order valence-corrected chi connectivity index (χ3v) is 10.2. The molecule has 0 N–H and O–H groups in total. The van der Waals surface area contributed by atoms with Gasteiger partial charge in [0.15, 0.2) is 6.10 Å². The molecular formula is C55H90O6. The van der Waals surface area contributed by atoms with E-state index in [1.54, 1.807) is 0 Å². The third-order valence-electron chi connectivity index (χ3n) is 10.2. The Balaban J connectivity index is 4.52. The summed E-state index contributed by atoms with van der Waals surface area (Å²) in [5.74, 6) is -1.02. The molecule has 1 atom stereocenters. The van der Waals surface area contributed by atoms with Gasteiger partial charge in [-0.3, -0.25) is 14.4 Å². The molecular weight excluding hydrogens is 757 g/mol. The Morgan fingerprint density at radius 3 is 1.23 bits per heavy atom. The van der Waals surface area contributed by atoms with Gasteiger partial charge >= 0.3 is 17.9 Å². The van der Waals surface area contributed by atoms with Crippen LogP contribution in [0.1, 0.15) is 213 Å². The van der Waals surface area contributed by atoms with Crippen molar-refractivity contribution < 1.29 is 28.6 Å². The maximum atomic E-state index is 12.7. The number of rotatable bonds is 43. The molecule has 6 heteroatoms. The molecule has 0 bridgehead atoms. The molecule has 1 unspecified atom stereocenters. The zero-order chi connectivity index (χ0) is 44.4. The first-order valence-corrected chi connectivity index (χ1v) is 24.8. The summed E-state index contributed by atoms with van der Waals surface area (Å²) < 4.78 is 16.7. The topological polar surface area (TPSA) is 78.9 Å². The van der Waals surface area contributed by atoms with E-state index in [-0.39, 0.29) is 31.6 Å². The predicted molar refractivity (Wildman–Crippen MR) is 260 cm³/mol. The molecule has 0 saturated heterocycles. The lowest BCUT2D eigenvalue weighted by atomic mass is 10.1. The maximum absolute atomic E-state index is 12.7. The first-order chi connectivity index (χ1) is 30.0. The van der Waals surface area contributed by atoms with Gasteiger partial charge in [-0.1, -0.05) is 208 Å². The summed E-state index contributed by atoms with van der Waals surface area (Å²) in [5, 5.41) is 0. The van der Waals surface area contributed by atoms with E-state index in [0.29, 0.717) is 19.3 Å². The minimum absolute atomic E-state index is 0.114. The second kappa shape index (κ2) is 49.0. The van der Waals surface area contributed by atoms with Crippen molar-refractivity contribution in [1.82, 2.24) is 0 Å². The fourth-order valence-corrected chi connectivity index (χ4v) is 6.40. The van der Waals surface area contributed by atoms with Crippen LogP contribution < -0.4 is 0 Å². The van der Waals surface area contributed by atoms with Crippen molar-refractivity contribution in [2.45, 2.75) is 219 Å². The van der Waals surface area contributed by atoms with Crippen LogP contribution in [0.5, 0.6) is 0 Å². The summed E-state index contributed by atoms with van der Waals surface area (Å²) in [5.41, 5.74) is 0. The van der Waals surface area contributed by atoms with Crippen LogP contribution in [0.15, 0.2) is 97.2 Å². The van der Waals surface area contributed by atoms with Crippen molar-refractivity contribution in [3.05, 3.63) is 97.2 Å². The van der Waals surface area contributed by atoms with Crippen molar-refractivity contribution in [3.8, 4) is 0 Å². The third kappa shape index (κ3) is 47.2. The molecule has 0 aliphatic rings. The summed E-state index contributed by atoms with van der Waals surface area (Å²) in [4.78, 5) is 37.8. The summed E-state index contributed by atoms with van der Waals surface area (Å²) >= 11 is 0. The van der Waals surface area contributed by atoms with Crippen molar-refractivity contribution in [2.24, 2.45) is 0 Å². The van der Waals surface area contributed by atoms with Gasteiger partial charge < -0.3 is 14.2 Å². The predicted octanol–water partition coefficient (Wildman–Crippen LogP) is 16.2. The van der Waals surface area contributed by atoms with Crippen LogP contribution in [-0.2, 0) is 28.6 Å². The van der Waals surface area contributed by atoms with Crippen LogP contribution >= 0.6 is 0 Å². The van der Waals surface area contributed by atoms with Crippen LogP contribution in [0.25, 0.3) is 0 Å². The molecule has 0 aliphatic carbocycles. The fraction of sp³-hybridized carbons (Fsp3) is 0.655. The van der Waals surface area contributed by atoms with Crippen LogP contribution in [0.2, 0.25) is 0 Å². The Morgan fingerprint density at radius 1 is 0.344 bits per heavy atom. The van der Waals surface area contributed by atoms with Gasteiger partial charge in [-0.05, 0) is 83.5 Å². The number of allylic oxidation sites excluding steroid dienone is 16. The maximum Gasteiger partial charge on any atom is 0.306 e. The minimum atomic E-state index is -0.821. The standard InChI is InChI=1S/C55H90O6/c1-4-7-10-13-16-19-22-25-26-27-28-29-31-33-36-39-42-45-48-54(57)60-51-52(50-59-53(56)47-44-41-38-35-32-24-21-18-15-12-9-6-3)61-55(58)49-46-43-40-37-34-30-23-20-17-14-11-8-5-2/h10,13,16,18-19,21-22,25-30,34,40,43,52H,4-9,11-12,14-15,17,20,23-24,31-33,35-39,41-42,44-51H2,1-3H3/b13-10-,19-16-,21-18-,25-22-,27-26-,29-28-,34-30-,43-40-. The highest BCUT2D eigenvalue weighted by molar-refractivity contribution is 5.71. The fourth-order valence-electron chi connectivity index (χ4n) is 6.40. The molecule has 0 rings (SSSR count). The summed E-state index contributed by atoms with van der Waals surface area (Å²) in [7, 11) is 0. The van der Waals surface area contributed by atoms with E-state index in [1.807, 2.05) is 42.5 Å². The Hall–Kier alpha value is -3.67. The minimum Gasteiger partial charge on any atom is -0.462 e. The highest BCUT2D eigenvalue weighted by atomic mass is 16.6. The first kappa shape index (κ1) is 57.3. The first-order valence-electron chi connectivity index (χ1n) is 24.8. The monoisotopic (exact) mass is 847 g/mol. The molecule has 346 valence electrons. The quantitative estimate of drug-likeness (QED) is 0.0200. The van der Waals surface area contributed by atoms with Gasteiger partial charge in [-0.25, -0.2) is 0 Å². The number of esters is 3. The van der Waals surface area contributed by atoms with Crippen LogP contribution in [0.3, 0.4) is 0 Å². The van der Waals surface area contributed by atoms with Crippen LogP contribution in [0, 0.1) is 0 Å². The van der Waals surface area contributed by atoms with E-state index in [1.165, 1.54) is 77.0 Å². The number of hydrogen-bond acceptors (Lipinski definition) is 6.